The topological polar surface area (TPSA) is 192 Å². The molecule has 0 aliphatic carbocycles. The first kappa shape index (κ1) is 24.8. The number of methoxy groups -OCH3 is 1. The van der Waals surface area contributed by atoms with Gasteiger partial charge in [-0.3, -0.25) is 4.79 Å². The quantitative estimate of drug-likeness (QED) is 0.170. The van der Waals surface area contributed by atoms with Crippen LogP contribution in [0.5, 0.6) is 0 Å². The molecule has 0 fully saturated rings. The standard InChI is InChI=1S/C15H19N7O6S3/c1-22-14(19-20-21-22)31-6-8-5-30-12(17-10(8)11(24)25)15(28-2,13(26)27)18-9(23)7-29-4-3-16/h12,17H,4-7H2,1-2H3,(H,18,23)(H,24,25)(H,26,27)/t12-,15-/m1/s1. The van der Waals surface area contributed by atoms with E-state index in [0.29, 0.717) is 10.7 Å². The van der Waals surface area contributed by atoms with Crippen molar-refractivity contribution >= 4 is 53.1 Å². The molecule has 1 aliphatic heterocycles. The predicted molar refractivity (Wildman–Crippen MR) is 112 cm³/mol. The van der Waals surface area contributed by atoms with Gasteiger partial charge in [-0.15, -0.1) is 28.6 Å². The number of rotatable bonds is 11. The Kier molecular flexibility index (Phi) is 8.98. The predicted octanol–water partition coefficient (Wildman–Crippen LogP) is -0.896. The van der Waals surface area contributed by atoms with Crippen LogP contribution < -0.4 is 10.6 Å². The molecule has 168 valence electrons. The van der Waals surface area contributed by atoms with Gasteiger partial charge in [-0.05, 0) is 16.0 Å². The van der Waals surface area contributed by atoms with E-state index in [1.54, 1.807) is 7.05 Å². The summed E-state index contributed by atoms with van der Waals surface area (Å²) < 4.78 is 6.62. The summed E-state index contributed by atoms with van der Waals surface area (Å²) in [6.45, 7) is 0. The number of ether oxygens (including phenoxy) is 1. The number of carboxylic acids is 2. The highest BCUT2D eigenvalue weighted by molar-refractivity contribution is 8.01. The zero-order valence-electron chi connectivity index (χ0n) is 16.4. The largest absolute Gasteiger partial charge is 0.478 e. The highest BCUT2D eigenvalue weighted by Gasteiger charge is 2.50. The van der Waals surface area contributed by atoms with Crippen LogP contribution in [0, 0.1) is 11.3 Å². The third-order valence-corrected chi connectivity index (χ3v) is 7.15. The van der Waals surface area contributed by atoms with Crippen molar-refractivity contribution in [1.29, 1.82) is 5.26 Å². The normalized spacial score (nSPS) is 17.9. The molecule has 2 heterocycles. The summed E-state index contributed by atoms with van der Waals surface area (Å²) in [5.74, 6) is -3.09. The van der Waals surface area contributed by atoms with Gasteiger partial charge in [0.05, 0.1) is 17.6 Å². The minimum absolute atomic E-state index is 0.0604. The number of carboxylic acid groups (broad SMARTS) is 2. The van der Waals surface area contributed by atoms with E-state index >= 15 is 0 Å². The molecule has 2 rings (SSSR count). The average Bonchev–Trinajstić information content (AvgIpc) is 3.15. The van der Waals surface area contributed by atoms with E-state index in [-0.39, 0.29) is 28.7 Å². The zero-order chi connectivity index (χ0) is 23.0. The van der Waals surface area contributed by atoms with Crippen molar-refractivity contribution < 1.29 is 29.3 Å². The lowest BCUT2D eigenvalue weighted by Gasteiger charge is -2.39. The number of nitrogens with one attached hydrogen (secondary N) is 2. The molecule has 1 aromatic rings. The van der Waals surface area contributed by atoms with Gasteiger partial charge < -0.3 is 25.6 Å². The molecule has 16 heteroatoms. The monoisotopic (exact) mass is 489 g/mol. The van der Waals surface area contributed by atoms with Crippen molar-refractivity contribution in [2.75, 3.05) is 30.1 Å². The second-order valence-electron chi connectivity index (χ2n) is 5.94. The van der Waals surface area contributed by atoms with Crippen LogP contribution in [0.25, 0.3) is 0 Å². The minimum atomic E-state index is -2.22. The van der Waals surface area contributed by atoms with Crippen LogP contribution in [0.3, 0.4) is 0 Å². The molecule has 0 unspecified atom stereocenters. The van der Waals surface area contributed by atoms with E-state index in [0.717, 1.165) is 30.6 Å². The smallest absolute Gasteiger partial charge is 0.360 e. The highest BCUT2D eigenvalue weighted by atomic mass is 32.2. The maximum atomic E-state index is 12.2. The summed E-state index contributed by atoms with van der Waals surface area (Å²) >= 11 is 3.32. The molecule has 31 heavy (non-hydrogen) atoms. The van der Waals surface area contributed by atoms with Gasteiger partial charge in [-0.2, -0.15) is 5.26 Å². The first-order valence-corrected chi connectivity index (χ1v) is 11.7. The lowest BCUT2D eigenvalue weighted by Crippen LogP contribution is -2.67. The van der Waals surface area contributed by atoms with Crippen LogP contribution in [0.15, 0.2) is 16.4 Å². The minimum Gasteiger partial charge on any atom is -0.478 e. The maximum absolute atomic E-state index is 12.2. The molecule has 1 aliphatic rings. The van der Waals surface area contributed by atoms with Gasteiger partial charge in [0.1, 0.15) is 11.1 Å². The second-order valence-corrected chi connectivity index (χ2v) is 8.96. The van der Waals surface area contributed by atoms with Crippen LogP contribution in [-0.2, 0) is 26.2 Å². The van der Waals surface area contributed by atoms with Crippen molar-refractivity contribution in [2.45, 2.75) is 16.3 Å². The maximum Gasteiger partial charge on any atom is 0.360 e. The number of aliphatic carboxylic acids is 2. The first-order chi connectivity index (χ1) is 14.7. The number of hydrogen-bond acceptors (Lipinski definition) is 12. The molecule has 4 N–H and O–H groups in total. The number of carbonyl (C=O) groups excluding carboxylic acids is 1. The first-order valence-electron chi connectivity index (χ1n) is 8.48. The molecule has 0 radical (unpaired) electrons. The van der Waals surface area contributed by atoms with Gasteiger partial charge in [0, 0.05) is 25.7 Å². The molecule has 0 bridgehead atoms. The Morgan fingerprint density at radius 3 is 2.77 bits per heavy atom. The third-order valence-electron chi connectivity index (χ3n) is 3.96. The number of aromatic nitrogens is 4. The van der Waals surface area contributed by atoms with Crippen LogP contribution >= 0.6 is 35.3 Å². The number of thioether (sulfide) groups is 3. The van der Waals surface area contributed by atoms with Crippen molar-refractivity contribution in [2.24, 2.45) is 7.05 Å². The molecule has 1 amide bonds. The van der Waals surface area contributed by atoms with Gasteiger partial charge in [-0.1, -0.05) is 11.8 Å². The molecule has 13 nitrogen and oxygen atoms in total. The Morgan fingerprint density at radius 1 is 1.48 bits per heavy atom. The van der Waals surface area contributed by atoms with Gasteiger partial charge >= 0.3 is 11.9 Å². The van der Waals surface area contributed by atoms with Gasteiger partial charge in [0.25, 0.3) is 5.72 Å². The van der Waals surface area contributed by atoms with Gasteiger partial charge in [0.15, 0.2) is 0 Å². The Hall–Kier alpha value is -2.48. The molecule has 0 aromatic carbocycles. The fourth-order valence-corrected chi connectivity index (χ4v) is 5.23. The Labute approximate surface area is 189 Å². The van der Waals surface area contributed by atoms with Crippen molar-refractivity contribution in [3.63, 3.8) is 0 Å². The van der Waals surface area contributed by atoms with Crippen molar-refractivity contribution in [1.82, 2.24) is 30.8 Å². The summed E-state index contributed by atoms with van der Waals surface area (Å²) in [5, 5.41) is 43.4. The number of nitrogens with zero attached hydrogens (tertiary/aromatic N) is 5. The van der Waals surface area contributed by atoms with Crippen LogP contribution in [-0.4, -0.2) is 89.5 Å². The number of tetrazole rings is 1. The number of aryl methyl sites for hydroxylation is 1. The molecule has 0 saturated carbocycles. The lowest BCUT2D eigenvalue weighted by molar-refractivity contribution is -0.170. The number of amides is 1. The summed E-state index contributed by atoms with van der Waals surface area (Å²) in [6.07, 6.45) is 0. The summed E-state index contributed by atoms with van der Waals surface area (Å²) in [5.41, 5.74) is -1.89. The number of carbonyl (C=O) groups is 3. The van der Waals surface area contributed by atoms with Crippen molar-refractivity contribution in [3.05, 3.63) is 11.3 Å². The Bertz CT molecular complexity index is 917. The highest BCUT2D eigenvalue weighted by Crippen LogP contribution is 2.33. The Balaban J connectivity index is 2.21. The fourth-order valence-electron chi connectivity index (χ4n) is 2.48. The summed E-state index contributed by atoms with van der Waals surface area (Å²) in [4.78, 5) is 36.1. The summed E-state index contributed by atoms with van der Waals surface area (Å²) in [6, 6.07) is 1.87. The van der Waals surface area contributed by atoms with E-state index in [1.165, 1.54) is 16.4 Å². The zero-order valence-corrected chi connectivity index (χ0v) is 18.8. The van der Waals surface area contributed by atoms with Crippen molar-refractivity contribution in [3.8, 4) is 6.07 Å². The Morgan fingerprint density at radius 2 is 2.23 bits per heavy atom. The van der Waals surface area contributed by atoms with Gasteiger partial charge in [0.2, 0.25) is 11.1 Å². The molecule has 1 aromatic heterocycles. The van der Waals surface area contributed by atoms with Crippen LogP contribution in [0.1, 0.15) is 0 Å². The molecular weight excluding hydrogens is 470 g/mol. The molecule has 0 saturated heterocycles. The van der Waals surface area contributed by atoms with Crippen LogP contribution in [0.4, 0.5) is 0 Å². The number of nitriles is 1. The van der Waals surface area contributed by atoms with Crippen LogP contribution in [0.2, 0.25) is 0 Å². The fraction of sp³-hybridized carbons (Fsp3) is 0.533. The SMILES string of the molecule is CO[C@@](NC(=O)CSCC#N)(C(=O)O)[C@@H]1NC(C(=O)O)=C(CSc2nnnn2C)CS1. The van der Waals surface area contributed by atoms with E-state index in [1.807, 2.05) is 6.07 Å². The summed E-state index contributed by atoms with van der Waals surface area (Å²) in [7, 11) is 2.76. The van der Waals surface area contributed by atoms with E-state index in [2.05, 4.69) is 26.2 Å². The third kappa shape index (κ3) is 6.03. The lowest BCUT2D eigenvalue weighted by atomic mass is 10.1. The molecule has 2 atom stereocenters. The molecule has 0 spiro atoms. The number of hydrogen-bond donors (Lipinski definition) is 4. The average molecular weight is 490 g/mol. The second kappa shape index (κ2) is 11.2. The van der Waals surface area contributed by atoms with E-state index in [9.17, 15) is 24.6 Å². The molecular formula is C15H19N7O6S3. The van der Waals surface area contributed by atoms with E-state index in [4.69, 9.17) is 10.00 Å². The van der Waals surface area contributed by atoms with Gasteiger partial charge in [-0.25, -0.2) is 14.3 Å². The van der Waals surface area contributed by atoms with E-state index < -0.39 is 28.9 Å².